The highest BCUT2D eigenvalue weighted by molar-refractivity contribution is 5.33. The molecule has 0 radical (unpaired) electrons. The Hall–Kier alpha value is -1.06. The van der Waals surface area contributed by atoms with E-state index in [-0.39, 0.29) is 30.6 Å². The van der Waals surface area contributed by atoms with Crippen LogP contribution in [0.4, 0.5) is 0 Å². The quantitative estimate of drug-likeness (QED) is 0.896. The molecule has 3 nitrogen and oxygen atoms in total. The molecule has 2 rings (SSSR count). The number of hydrogen-bond acceptors (Lipinski definition) is 3. The summed E-state index contributed by atoms with van der Waals surface area (Å²) in [5.41, 5.74) is -2.80. The minimum absolute atomic E-state index is 0.0431. The van der Waals surface area contributed by atoms with Crippen molar-refractivity contribution in [1.82, 2.24) is 4.90 Å². The molecule has 1 N–H and O–H groups in total. The fourth-order valence-corrected chi connectivity index (χ4v) is 2.20. The zero-order valence-electron chi connectivity index (χ0n) is 22.7. The van der Waals surface area contributed by atoms with E-state index in [0.717, 1.165) is 13.1 Å². The van der Waals surface area contributed by atoms with Crippen molar-refractivity contribution in [3.05, 3.63) is 29.8 Å². The lowest BCUT2D eigenvalue weighted by molar-refractivity contribution is -0.0619. The van der Waals surface area contributed by atoms with Crippen molar-refractivity contribution >= 4 is 0 Å². The Morgan fingerprint density at radius 3 is 3.47 bits per heavy atom. The van der Waals surface area contributed by atoms with E-state index in [9.17, 15) is 0 Å². The number of rotatable bonds is 5. The summed E-state index contributed by atoms with van der Waals surface area (Å²) in [6.45, 7) is -5.93. The number of nitrogens with zero attached hydrogens (tertiary/aromatic N) is 1. The molecule has 106 valence electrons. The predicted octanol–water partition coefficient (Wildman–Crippen LogP) is 2.63. The van der Waals surface area contributed by atoms with Crippen LogP contribution >= 0.6 is 0 Å². The van der Waals surface area contributed by atoms with Gasteiger partial charge in [-0.1, -0.05) is 25.0 Å². The summed E-state index contributed by atoms with van der Waals surface area (Å²) in [6, 6.07) is 4.95. The topological polar surface area (TPSA) is 32.7 Å². The Kier molecular flexibility index (Phi) is 1.68. The molecule has 0 bridgehead atoms. The summed E-state index contributed by atoms with van der Waals surface area (Å²) in [6.07, 6.45) is -2.94. The van der Waals surface area contributed by atoms with Crippen molar-refractivity contribution in [2.45, 2.75) is 31.2 Å². The van der Waals surface area contributed by atoms with Gasteiger partial charge in [-0.2, -0.15) is 0 Å². The fraction of sp³-hybridized carbons (Fsp3) is 0.625. The second-order valence-electron chi connectivity index (χ2n) is 4.49. The van der Waals surface area contributed by atoms with Crippen LogP contribution in [0, 0.1) is 5.89 Å². The van der Waals surface area contributed by atoms with E-state index in [1.54, 1.807) is 0 Å². The van der Waals surface area contributed by atoms with E-state index < -0.39 is 38.4 Å². The molecule has 1 fully saturated rings. The van der Waals surface area contributed by atoms with E-state index >= 15 is 0 Å². The van der Waals surface area contributed by atoms with Gasteiger partial charge in [0, 0.05) is 23.4 Å². The largest absolute Gasteiger partial charge is 0.497 e. The Labute approximate surface area is 133 Å². The molecule has 1 aliphatic rings. The van der Waals surface area contributed by atoms with Crippen molar-refractivity contribution in [3.8, 4) is 5.75 Å². The average molecular weight is 275 g/mol. The third kappa shape index (κ3) is 3.10. The second-order valence-corrected chi connectivity index (χ2v) is 4.49. The normalized spacial score (nSPS) is 45.4. The van der Waals surface area contributed by atoms with Crippen molar-refractivity contribution < 1.29 is 24.9 Å². The van der Waals surface area contributed by atoms with Gasteiger partial charge in [-0.3, -0.25) is 0 Å². The van der Waals surface area contributed by atoms with Gasteiger partial charge < -0.3 is 14.7 Å². The minimum Gasteiger partial charge on any atom is -0.497 e. The molecular formula is C16H25NO2. The Morgan fingerprint density at radius 2 is 2.68 bits per heavy atom. The van der Waals surface area contributed by atoms with Crippen molar-refractivity contribution in [3.63, 3.8) is 0 Å². The van der Waals surface area contributed by atoms with Crippen LogP contribution < -0.4 is 4.74 Å². The molecular weight excluding hydrogens is 238 g/mol. The molecule has 0 heterocycles. The lowest BCUT2D eigenvalue weighted by Crippen LogP contribution is -2.43. The maximum absolute atomic E-state index is 9.08. The van der Waals surface area contributed by atoms with Crippen LogP contribution in [0.3, 0.4) is 0 Å². The van der Waals surface area contributed by atoms with Crippen molar-refractivity contribution in [2.24, 2.45) is 5.89 Å². The monoisotopic (exact) mass is 275 g/mol. The molecule has 2 atom stereocenters. The number of aliphatic hydroxyl groups is 1. The van der Waals surface area contributed by atoms with Gasteiger partial charge in [0.15, 0.2) is 0 Å². The first-order chi connectivity index (χ1) is 13.9. The molecule has 1 saturated carbocycles. The van der Waals surface area contributed by atoms with Gasteiger partial charge in [-0.05, 0) is 44.5 Å². The van der Waals surface area contributed by atoms with Gasteiger partial charge in [0.1, 0.15) is 5.75 Å². The van der Waals surface area contributed by atoms with Crippen molar-refractivity contribution in [1.29, 1.82) is 1.43 Å². The van der Waals surface area contributed by atoms with E-state index in [0.29, 0.717) is 4.90 Å². The Morgan fingerprint density at radius 1 is 1.74 bits per heavy atom. The number of benzene rings is 1. The molecule has 1 aromatic rings. The average Bonchev–Trinajstić information content (AvgIpc) is 2.59. The first-order valence-electron chi connectivity index (χ1n) is 11.9. The maximum Gasteiger partial charge on any atom is 0.211 e. The molecule has 0 aromatic heterocycles. The van der Waals surface area contributed by atoms with Gasteiger partial charge >= 0.3 is 0 Å². The molecule has 0 amide bonds. The van der Waals surface area contributed by atoms with Gasteiger partial charge in [-0.15, -0.1) is 0 Å². The van der Waals surface area contributed by atoms with Crippen LogP contribution in [-0.2, 0) is 5.60 Å². The van der Waals surface area contributed by atoms with E-state index in [4.69, 9.17) is 26.4 Å². The van der Waals surface area contributed by atoms with Crippen LogP contribution in [0.5, 0.6) is 5.75 Å². The van der Waals surface area contributed by atoms with E-state index in [1.807, 2.05) is 0 Å². The van der Waals surface area contributed by atoms with Crippen LogP contribution in [0.1, 0.15) is 46.3 Å². The summed E-state index contributed by atoms with van der Waals surface area (Å²) >= 11 is 0. The highest BCUT2D eigenvalue weighted by Gasteiger charge is 2.40. The van der Waals surface area contributed by atoms with Crippen molar-refractivity contribution in [2.75, 3.05) is 27.6 Å². The minimum atomic E-state index is -2.98. The molecule has 1 aromatic carbocycles. The SMILES string of the molecule is [2H]O[C@@]1(c2cccc(OC([2H])([2H])[2H])c2)C([2H])([2H])CCC[C@@]1([2H])C([2H])([2H])N(C)C([2H])([2H])[2H]. The van der Waals surface area contributed by atoms with Gasteiger partial charge in [0.05, 0.1) is 16.8 Å². The summed E-state index contributed by atoms with van der Waals surface area (Å²) < 4.78 is 101. The Bertz CT molecular complexity index is 796. The lowest BCUT2D eigenvalue weighted by atomic mass is 9.71. The summed E-state index contributed by atoms with van der Waals surface area (Å²) in [5.74, 6) is -2.83. The molecule has 0 aliphatic heterocycles. The highest BCUT2D eigenvalue weighted by Crippen LogP contribution is 2.42. The third-order valence-corrected chi connectivity index (χ3v) is 3.06. The lowest BCUT2D eigenvalue weighted by Gasteiger charge is -2.41. The molecule has 3 heteroatoms. The first kappa shape index (κ1) is 5.38. The zero-order chi connectivity index (χ0) is 24.1. The molecule has 1 aliphatic carbocycles. The van der Waals surface area contributed by atoms with Gasteiger partial charge in [0.25, 0.3) is 0 Å². The number of ether oxygens (including phenoxy) is 1. The van der Waals surface area contributed by atoms with E-state index in [1.165, 1.54) is 18.2 Å². The molecule has 19 heavy (non-hydrogen) atoms. The van der Waals surface area contributed by atoms with Crippen LogP contribution in [0.15, 0.2) is 24.3 Å². The van der Waals surface area contributed by atoms with E-state index in [2.05, 4.69) is 0 Å². The van der Waals surface area contributed by atoms with Gasteiger partial charge in [-0.25, -0.2) is 0 Å². The Balaban J connectivity index is 2.79. The third-order valence-electron chi connectivity index (χ3n) is 3.06. The summed E-state index contributed by atoms with van der Waals surface area (Å²) in [5, 5.41) is 4.87. The standard InChI is InChI=1S/C16H25NO2/c1-17(2)12-14-7-4-5-10-16(14,18)13-8-6-9-15(11-13)19-3/h6,8-9,11,14,18H,4-5,7,10,12H2,1-3H3/t14-,16+/m0/s1/i1D3,3D3,10D2,12D2,14D,18D. The van der Waals surface area contributed by atoms with Crippen LogP contribution in [-0.4, -0.2) is 39.0 Å². The highest BCUT2D eigenvalue weighted by atomic mass is 16.5. The maximum atomic E-state index is 9.08. The number of hydrogen-bond donors (Lipinski definition) is 1. The second kappa shape index (κ2) is 5.93. The zero-order valence-corrected chi connectivity index (χ0v) is 10.7. The van der Waals surface area contributed by atoms with Crippen LogP contribution in [0.2, 0.25) is 0 Å². The molecule has 0 saturated heterocycles. The summed E-state index contributed by atoms with van der Waals surface area (Å²) in [4.78, 5) is 0.352. The summed E-state index contributed by atoms with van der Waals surface area (Å²) in [7, 11) is -1.87. The molecule has 0 spiro atoms. The predicted molar refractivity (Wildman–Crippen MR) is 77.4 cm³/mol. The fourth-order valence-electron chi connectivity index (χ4n) is 2.20. The van der Waals surface area contributed by atoms with Gasteiger partial charge in [0.2, 0.25) is 1.43 Å². The number of methoxy groups -OCH3 is 1. The molecule has 0 unspecified atom stereocenters. The first-order valence-corrected chi connectivity index (χ1v) is 6.04. The smallest absolute Gasteiger partial charge is 0.211 e. The van der Waals surface area contributed by atoms with Crippen LogP contribution in [0.25, 0.3) is 0 Å².